The zero-order valence-corrected chi connectivity index (χ0v) is 8.21. The minimum absolute atomic E-state index is 0.223. The van der Waals surface area contributed by atoms with Crippen LogP contribution in [0.1, 0.15) is 0 Å². The van der Waals surface area contributed by atoms with Gasteiger partial charge in [-0.25, -0.2) is 0 Å². The van der Waals surface area contributed by atoms with Crippen LogP contribution >= 0.6 is 27.5 Å². The van der Waals surface area contributed by atoms with Crippen LogP contribution in [0.5, 0.6) is 5.75 Å². The standard InChI is InChI=1S/C6H5BBrClO3/c8-4-2-1-3-5(6(4)9)12-7(10)11/h1-3,10-11H. The van der Waals surface area contributed by atoms with Crippen molar-refractivity contribution < 1.29 is 14.7 Å². The number of rotatable bonds is 2. The van der Waals surface area contributed by atoms with Gasteiger partial charge in [0.15, 0.2) is 0 Å². The SMILES string of the molecule is OB(O)Oc1cccc(Br)c1Cl. The second-order valence-corrected chi connectivity index (χ2v) is 3.23. The molecule has 0 spiro atoms. The Balaban J connectivity index is 2.92. The van der Waals surface area contributed by atoms with E-state index in [2.05, 4.69) is 20.6 Å². The van der Waals surface area contributed by atoms with Crippen molar-refractivity contribution in [2.24, 2.45) is 0 Å². The third-order valence-corrected chi connectivity index (χ3v) is 2.43. The Hall–Kier alpha value is -0.225. The molecule has 0 radical (unpaired) electrons. The Labute approximate surface area is 83.2 Å². The van der Waals surface area contributed by atoms with Crippen LogP contribution in [0.15, 0.2) is 22.7 Å². The maximum absolute atomic E-state index is 8.48. The van der Waals surface area contributed by atoms with Gasteiger partial charge in [-0.3, -0.25) is 0 Å². The molecule has 0 amide bonds. The number of hydrogen-bond donors (Lipinski definition) is 2. The fourth-order valence-electron chi connectivity index (χ4n) is 0.689. The van der Waals surface area contributed by atoms with Crippen molar-refractivity contribution in [2.45, 2.75) is 0 Å². The van der Waals surface area contributed by atoms with Crippen molar-refractivity contribution in [1.29, 1.82) is 0 Å². The Morgan fingerprint density at radius 2 is 2.08 bits per heavy atom. The molecule has 3 nitrogen and oxygen atoms in total. The molecule has 6 heteroatoms. The monoisotopic (exact) mass is 250 g/mol. The summed E-state index contributed by atoms with van der Waals surface area (Å²) >= 11 is 8.90. The molecule has 0 aliphatic carbocycles. The van der Waals surface area contributed by atoms with E-state index in [1.807, 2.05) is 0 Å². The average molecular weight is 251 g/mol. The van der Waals surface area contributed by atoms with Gasteiger partial charge in [0, 0.05) is 4.47 Å². The first kappa shape index (κ1) is 9.86. The van der Waals surface area contributed by atoms with Gasteiger partial charge in [0.05, 0.1) is 5.02 Å². The van der Waals surface area contributed by atoms with E-state index < -0.39 is 7.32 Å². The molecule has 12 heavy (non-hydrogen) atoms. The van der Waals surface area contributed by atoms with Gasteiger partial charge in [-0.2, -0.15) is 0 Å². The van der Waals surface area contributed by atoms with Gasteiger partial charge < -0.3 is 14.7 Å². The first-order valence-electron chi connectivity index (χ1n) is 3.08. The first-order chi connectivity index (χ1) is 5.61. The lowest BCUT2D eigenvalue weighted by Crippen LogP contribution is -2.20. The van der Waals surface area contributed by atoms with Crippen molar-refractivity contribution in [3.63, 3.8) is 0 Å². The van der Waals surface area contributed by atoms with Crippen LogP contribution in [0, 0.1) is 0 Å². The van der Waals surface area contributed by atoms with Crippen LogP contribution < -0.4 is 4.65 Å². The lowest BCUT2D eigenvalue weighted by molar-refractivity contribution is 0.288. The molecule has 0 saturated carbocycles. The highest BCUT2D eigenvalue weighted by Gasteiger charge is 2.14. The van der Waals surface area contributed by atoms with E-state index in [1.54, 1.807) is 12.1 Å². The van der Waals surface area contributed by atoms with E-state index in [0.29, 0.717) is 9.50 Å². The van der Waals surface area contributed by atoms with Gasteiger partial charge in [0.2, 0.25) is 0 Å². The zero-order valence-electron chi connectivity index (χ0n) is 5.87. The summed E-state index contributed by atoms with van der Waals surface area (Å²) in [4.78, 5) is 0. The molecule has 0 atom stereocenters. The summed E-state index contributed by atoms with van der Waals surface area (Å²) in [6.07, 6.45) is 0. The summed E-state index contributed by atoms with van der Waals surface area (Å²) < 4.78 is 5.22. The molecule has 0 aliphatic heterocycles. The molecule has 0 saturated heterocycles. The molecular formula is C6H5BBrClO3. The molecule has 0 aromatic heterocycles. The molecule has 1 aromatic carbocycles. The molecular weight excluding hydrogens is 246 g/mol. The average Bonchev–Trinajstić information content (AvgIpc) is 1.98. The van der Waals surface area contributed by atoms with Crippen molar-refractivity contribution in [1.82, 2.24) is 0 Å². The third-order valence-electron chi connectivity index (χ3n) is 1.15. The van der Waals surface area contributed by atoms with Crippen LogP contribution in [-0.4, -0.2) is 17.4 Å². The van der Waals surface area contributed by atoms with Crippen molar-refractivity contribution >= 4 is 34.9 Å². The molecule has 0 bridgehead atoms. The highest BCUT2D eigenvalue weighted by Crippen LogP contribution is 2.31. The topological polar surface area (TPSA) is 49.7 Å². The maximum Gasteiger partial charge on any atom is 0.707 e. The zero-order chi connectivity index (χ0) is 9.14. The second-order valence-electron chi connectivity index (χ2n) is 2.00. The molecule has 0 fully saturated rings. The second kappa shape index (κ2) is 4.14. The van der Waals surface area contributed by atoms with E-state index >= 15 is 0 Å². The highest BCUT2D eigenvalue weighted by atomic mass is 79.9. The normalized spacial score (nSPS) is 9.67. The fourth-order valence-corrected chi connectivity index (χ4v) is 1.21. The lowest BCUT2D eigenvalue weighted by Gasteiger charge is -2.06. The number of benzene rings is 1. The summed E-state index contributed by atoms with van der Waals surface area (Å²) in [7, 11) is -1.85. The van der Waals surface area contributed by atoms with Crippen LogP contribution in [-0.2, 0) is 0 Å². The van der Waals surface area contributed by atoms with Gasteiger partial charge in [-0.15, -0.1) is 0 Å². The van der Waals surface area contributed by atoms with Crippen LogP contribution in [0.25, 0.3) is 0 Å². The molecule has 1 rings (SSSR count). The van der Waals surface area contributed by atoms with Gasteiger partial charge in [-0.05, 0) is 28.1 Å². The Kier molecular flexibility index (Phi) is 3.40. The minimum atomic E-state index is -1.85. The Morgan fingerprint density at radius 1 is 1.42 bits per heavy atom. The Bertz CT molecular complexity index is 281. The third kappa shape index (κ3) is 2.38. The highest BCUT2D eigenvalue weighted by molar-refractivity contribution is 9.10. The van der Waals surface area contributed by atoms with Gasteiger partial charge in [0.25, 0.3) is 0 Å². The van der Waals surface area contributed by atoms with E-state index in [9.17, 15) is 0 Å². The van der Waals surface area contributed by atoms with Gasteiger partial charge in [-0.1, -0.05) is 17.7 Å². The predicted octanol–water partition coefficient (Wildman–Crippen LogP) is 1.45. The lowest BCUT2D eigenvalue weighted by atomic mass is 10.2. The minimum Gasteiger partial charge on any atom is -0.511 e. The molecule has 0 aliphatic rings. The van der Waals surface area contributed by atoms with Gasteiger partial charge in [0.1, 0.15) is 5.75 Å². The number of halogens is 2. The number of hydrogen-bond acceptors (Lipinski definition) is 3. The van der Waals surface area contributed by atoms with E-state index in [-0.39, 0.29) is 5.75 Å². The van der Waals surface area contributed by atoms with Crippen molar-refractivity contribution in [2.75, 3.05) is 0 Å². The van der Waals surface area contributed by atoms with E-state index in [4.69, 9.17) is 21.6 Å². The summed E-state index contributed by atoms with van der Waals surface area (Å²) in [5, 5.41) is 17.3. The van der Waals surface area contributed by atoms with Crippen LogP contribution in [0.4, 0.5) is 0 Å². The summed E-state index contributed by atoms with van der Waals surface area (Å²) in [5.41, 5.74) is 0. The summed E-state index contributed by atoms with van der Waals surface area (Å²) in [6.45, 7) is 0. The Morgan fingerprint density at radius 3 is 2.67 bits per heavy atom. The van der Waals surface area contributed by atoms with Crippen LogP contribution in [0.3, 0.4) is 0 Å². The molecule has 0 unspecified atom stereocenters. The molecule has 0 heterocycles. The molecule has 2 N–H and O–H groups in total. The largest absolute Gasteiger partial charge is 0.707 e. The predicted molar refractivity (Wildman–Crippen MR) is 50.0 cm³/mol. The van der Waals surface area contributed by atoms with E-state index in [0.717, 1.165) is 0 Å². The summed E-state index contributed by atoms with van der Waals surface area (Å²) in [5.74, 6) is 0.223. The van der Waals surface area contributed by atoms with Crippen molar-refractivity contribution in [3.8, 4) is 5.75 Å². The fraction of sp³-hybridized carbons (Fsp3) is 0. The van der Waals surface area contributed by atoms with Crippen LogP contribution in [0.2, 0.25) is 5.02 Å². The molecule has 64 valence electrons. The molecule has 1 aromatic rings. The smallest absolute Gasteiger partial charge is 0.511 e. The quantitative estimate of drug-likeness (QED) is 0.782. The maximum atomic E-state index is 8.48. The van der Waals surface area contributed by atoms with Gasteiger partial charge >= 0.3 is 7.32 Å². The first-order valence-corrected chi connectivity index (χ1v) is 4.25. The van der Waals surface area contributed by atoms with Crippen molar-refractivity contribution in [3.05, 3.63) is 27.7 Å². The van der Waals surface area contributed by atoms with E-state index in [1.165, 1.54) is 6.07 Å². The summed E-state index contributed by atoms with van der Waals surface area (Å²) in [6, 6.07) is 4.93.